The van der Waals surface area contributed by atoms with Crippen molar-refractivity contribution in [3.8, 4) is 11.5 Å². The minimum Gasteiger partial charge on any atom is -0.476 e. The molecule has 0 radical (unpaired) electrons. The van der Waals surface area contributed by atoms with Gasteiger partial charge in [0.25, 0.3) is 0 Å². The SMILES string of the molecule is Cc1cc(C(=O)O)nn1Cc1cc(Cl)cc2nc(-c3ccccc3Cl)oc12. The Morgan fingerprint density at radius 3 is 2.70 bits per heavy atom. The number of fused-ring (bicyclic) bond motifs is 1. The van der Waals surface area contributed by atoms with Crippen LogP contribution < -0.4 is 0 Å². The minimum atomic E-state index is -1.08. The number of rotatable bonds is 4. The molecule has 0 aliphatic heterocycles. The van der Waals surface area contributed by atoms with Crippen LogP contribution in [0.3, 0.4) is 0 Å². The molecule has 6 nitrogen and oxygen atoms in total. The molecule has 1 N–H and O–H groups in total. The topological polar surface area (TPSA) is 81.1 Å². The number of aryl methyl sites for hydroxylation is 1. The molecular weight excluding hydrogens is 389 g/mol. The number of carboxylic acid groups (broad SMARTS) is 1. The van der Waals surface area contributed by atoms with E-state index in [1.54, 1.807) is 29.8 Å². The Balaban J connectivity index is 1.81. The van der Waals surface area contributed by atoms with Crippen molar-refractivity contribution in [1.82, 2.24) is 14.8 Å². The van der Waals surface area contributed by atoms with E-state index >= 15 is 0 Å². The Labute approximate surface area is 164 Å². The molecule has 0 amide bonds. The van der Waals surface area contributed by atoms with Crippen LogP contribution in [0.25, 0.3) is 22.6 Å². The molecule has 0 saturated carbocycles. The first-order valence-electron chi connectivity index (χ1n) is 8.04. The molecule has 0 aliphatic rings. The van der Waals surface area contributed by atoms with Crippen LogP contribution in [0.1, 0.15) is 21.7 Å². The number of nitrogens with zero attached hydrogens (tertiary/aromatic N) is 3. The second-order valence-corrected chi connectivity index (χ2v) is 6.89. The van der Waals surface area contributed by atoms with Crippen molar-refractivity contribution in [2.24, 2.45) is 0 Å². The van der Waals surface area contributed by atoms with Gasteiger partial charge in [0.15, 0.2) is 11.3 Å². The van der Waals surface area contributed by atoms with Crippen molar-refractivity contribution in [3.05, 3.63) is 69.5 Å². The average molecular weight is 402 g/mol. The summed E-state index contributed by atoms with van der Waals surface area (Å²) in [6, 6.07) is 12.3. The summed E-state index contributed by atoms with van der Waals surface area (Å²) in [7, 11) is 0. The average Bonchev–Trinajstić information content (AvgIpc) is 3.19. The Kier molecular flexibility index (Phi) is 4.37. The maximum absolute atomic E-state index is 11.1. The Morgan fingerprint density at radius 1 is 1.22 bits per heavy atom. The molecule has 27 heavy (non-hydrogen) atoms. The molecule has 0 bridgehead atoms. The standard InChI is InChI=1S/C19H13Cl2N3O3/c1-10-6-16(19(25)26)23-24(10)9-11-7-12(20)8-15-17(11)27-18(22-15)13-4-2-3-5-14(13)21/h2-8H,9H2,1H3,(H,25,26). The van der Waals surface area contributed by atoms with Crippen molar-refractivity contribution in [2.45, 2.75) is 13.5 Å². The summed E-state index contributed by atoms with van der Waals surface area (Å²) < 4.78 is 7.57. The number of carbonyl (C=O) groups is 1. The molecule has 0 fully saturated rings. The first-order valence-corrected chi connectivity index (χ1v) is 8.79. The maximum atomic E-state index is 11.1. The third-order valence-corrected chi connectivity index (χ3v) is 4.70. The third-order valence-electron chi connectivity index (χ3n) is 4.16. The smallest absolute Gasteiger partial charge is 0.356 e. The van der Waals surface area contributed by atoms with Gasteiger partial charge in [-0.05, 0) is 37.3 Å². The number of oxazole rings is 1. The second kappa shape index (κ2) is 6.72. The lowest BCUT2D eigenvalue weighted by Gasteiger charge is -2.05. The number of aromatic nitrogens is 3. The lowest BCUT2D eigenvalue weighted by molar-refractivity contribution is 0.0689. The van der Waals surface area contributed by atoms with Crippen molar-refractivity contribution < 1.29 is 14.3 Å². The normalized spacial score (nSPS) is 11.2. The first kappa shape index (κ1) is 17.6. The molecule has 0 spiro atoms. The summed E-state index contributed by atoms with van der Waals surface area (Å²) in [6.45, 7) is 2.09. The Bertz CT molecular complexity index is 1180. The van der Waals surface area contributed by atoms with Gasteiger partial charge >= 0.3 is 5.97 Å². The van der Waals surface area contributed by atoms with Crippen molar-refractivity contribution >= 4 is 40.3 Å². The molecule has 0 saturated heterocycles. The number of halogens is 2. The highest BCUT2D eigenvalue weighted by Gasteiger charge is 2.17. The summed E-state index contributed by atoms with van der Waals surface area (Å²) in [4.78, 5) is 15.6. The van der Waals surface area contributed by atoms with Gasteiger partial charge in [0.1, 0.15) is 5.52 Å². The summed E-state index contributed by atoms with van der Waals surface area (Å²) in [6.07, 6.45) is 0. The van der Waals surface area contributed by atoms with Gasteiger partial charge in [-0.1, -0.05) is 35.3 Å². The number of hydrogen-bond donors (Lipinski definition) is 1. The highest BCUT2D eigenvalue weighted by Crippen LogP contribution is 2.33. The lowest BCUT2D eigenvalue weighted by atomic mass is 10.2. The van der Waals surface area contributed by atoms with E-state index in [4.69, 9.17) is 32.7 Å². The van der Waals surface area contributed by atoms with E-state index in [2.05, 4.69) is 10.1 Å². The molecule has 2 aromatic carbocycles. The highest BCUT2D eigenvalue weighted by atomic mass is 35.5. The molecule has 0 aliphatic carbocycles. The van der Waals surface area contributed by atoms with Crippen molar-refractivity contribution in [1.29, 1.82) is 0 Å². The Morgan fingerprint density at radius 2 is 2.00 bits per heavy atom. The molecular formula is C19H13Cl2N3O3. The zero-order chi connectivity index (χ0) is 19.1. The zero-order valence-electron chi connectivity index (χ0n) is 14.1. The molecule has 136 valence electrons. The van der Waals surface area contributed by atoms with E-state index < -0.39 is 5.97 Å². The number of hydrogen-bond acceptors (Lipinski definition) is 4. The first-order chi connectivity index (χ1) is 12.9. The van der Waals surface area contributed by atoms with E-state index in [-0.39, 0.29) is 5.69 Å². The summed E-state index contributed by atoms with van der Waals surface area (Å²) in [5, 5.41) is 14.3. The predicted molar refractivity (Wildman–Crippen MR) is 102 cm³/mol. The molecule has 2 aromatic heterocycles. The summed E-state index contributed by atoms with van der Waals surface area (Å²) >= 11 is 12.5. The summed E-state index contributed by atoms with van der Waals surface area (Å²) in [5.74, 6) is -0.684. The second-order valence-electron chi connectivity index (χ2n) is 6.05. The fourth-order valence-corrected chi connectivity index (χ4v) is 3.32. The van der Waals surface area contributed by atoms with E-state index in [9.17, 15) is 4.79 Å². The van der Waals surface area contributed by atoms with Crippen LogP contribution in [-0.4, -0.2) is 25.8 Å². The molecule has 0 unspecified atom stereocenters. The van der Waals surface area contributed by atoms with Gasteiger partial charge < -0.3 is 9.52 Å². The van der Waals surface area contributed by atoms with Crippen LogP contribution in [0, 0.1) is 6.92 Å². The summed E-state index contributed by atoms with van der Waals surface area (Å²) in [5.41, 5.74) is 3.27. The largest absolute Gasteiger partial charge is 0.476 e. The van der Waals surface area contributed by atoms with E-state index in [1.807, 2.05) is 18.2 Å². The van der Waals surface area contributed by atoms with E-state index in [0.717, 1.165) is 5.56 Å². The van der Waals surface area contributed by atoms with E-state index in [1.165, 1.54) is 6.07 Å². The van der Waals surface area contributed by atoms with Crippen LogP contribution in [0.5, 0.6) is 0 Å². The van der Waals surface area contributed by atoms with Gasteiger partial charge in [-0.25, -0.2) is 9.78 Å². The number of aromatic carboxylic acids is 1. The molecule has 4 rings (SSSR count). The van der Waals surface area contributed by atoms with Gasteiger partial charge in [-0.15, -0.1) is 0 Å². The van der Waals surface area contributed by atoms with E-state index in [0.29, 0.717) is 44.8 Å². The van der Waals surface area contributed by atoms with Gasteiger partial charge in [0.2, 0.25) is 5.89 Å². The predicted octanol–water partition coefficient (Wildman–Crippen LogP) is 5.05. The fourth-order valence-electron chi connectivity index (χ4n) is 2.87. The quantitative estimate of drug-likeness (QED) is 0.517. The highest BCUT2D eigenvalue weighted by molar-refractivity contribution is 6.33. The molecule has 4 aromatic rings. The fraction of sp³-hybridized carbons (Fsp3) is 0.105. The van der Waals surface area contributed by atoms with Crippen molar-refractivity contribution in [3.63, 3.8) is 0 Å². The lowest BCUT2D eigenvalue weighted by Crippen LogP contribution is -2.06. The third kappa shape index (κ3) is 3.29. The van der Waals surface area contributed by atoms with Crippen LogP contribution in [0.4, 0.5) is 0 Å². The molecule has 2 heterocycles. The monoisotopic (exact) mass is 401 g/mol. The van der Waals surface area contributed by atoms with Gasteiger partial charge in [-0.3, -0.25) is 4.68 Å². The molecule has 0 atom stereocenters. The number of carboxylic acids is 1. The Hall–Kier alpha value is -2.83. The van der Waals surface area contributed by atoms with Crippen LogP contribution in [-0.2, 0) is 6.54 Å². The number of benzene rings is 2. The zero-order valence-corrected chi connectivity index (χ0v) is 15.6. The van der Waals surface area contributed by atoms with Gasteiger partial charge in [-0.2, -0.15) is 5.10 Å². The molecule has 8 heteroatoms. The van der Waals surface area contributed by atoms with Crippen LogP contribution >= 0.6 is 23.2 Å². The van der Waals surface area contributed by atoms with Crippen molar-refractivity contribution in [2.75, 3.05) is 0 Å². The van der Waals surface area contributed by atoms with Crippen LogP contribution in [0.2, 0.25) is 10.0 Å². The van der Waals surface area contributed by atoms with Gasteiger partial charge in [0, 0.05) is 16.3 Å². The minimum absolute atomic E-state index is 0.0138. The maximum Gasteiger partial charge on any atom is 0.356 e. The van der Waals surface area contributed by atoms with Gasteiger partial charge in [0.05, 0.1) is 17.1 Å². The van der Waals surface area contributed by atoms with Crippen LogP contribution in [0.15, 0.2) is 46.9 Å².